The molecule has 0 radical (unpaired) electrons. The third-order valence-electron chi connectivity index (χ3n) is 6.59. The number of nitrogens with zero attached hydrogens (tertiary/aromatic N) is 2. The Balaban J connectivity index is 1.33. The maximum absolute atomic E-state index is 12.3. The lowest BCUT2D eigenvalue weighted by Crippen LogP contribution is -2.31. The summed E-state index contributed by atoms with van der Waals surface area (Å²) in [6, 6.07) is 14.4. The van der Waals surface area contributed by atoms with Crippen LogP contribution in [0.2, 0.25) is 0 Å². The van der Waals surface area contributed by atoms with E-state index < -0.39 is 0 Å². The van der Waals surface area contributed by atoms with E-state index >= 15 is 0 Å². The second kappa shape index (κ2) is 10.7. The molecular formula is C27H35N3O2. The van der Waals surface area contributed by atoms with Gasteiger partial charge in [0.05, 0.1) is 11.0 Å². The van der Waals surface area contributed by atoms with Crippen molar-refractivity contribution in [1.29, 1.82) is 0 Å². The number of aryl methyl sites for hydroxylation is 3. The number of hydrogen-bond donors (Lipinski definition) is 1. The number of benzene rings is 2. The topological polar surface area (TPSA) is 56.1 Å². The summed E-state index contributed by atoms with van der Waals surface area (Å²) >= 11 is 0. The van der Waals surface area contributed by atoms with E-state index in [1.165, 1.54) is 44.0 Å². The van der Waals surface area contributed by atoms with Crippen LogP contribution in [0.15, 0.2) is 42.5 Å². The van der Waals surface area contributed by atoms with E-state index in [1.807, 2.05) is 38.1 Å². The van der Waals surface area contributed by atoms with Crippen molar-refractivity contribution in [1.82, 2.24) is 14.9 Å². The molecule has 1 aliphatic rings. The van der Waals surface area contributed by atoms with E-state index in [2.05, 4.69) is 28.1 Å². The van der Waals surface area contributed by atoms with E-state index in [9.17, 15) is 4.79 Å². The standard InChI is InChI=1S/C27H35N3O2/c1-20-12-13-21(2)25(18-20)32-19-27(31)28-16-14-26-29-23-10-6-7-11-24(23)30(26)17-15-22-8-4-3-5-9-22/h6-7,10-13,18,22H,3-5,8-9,14-17,19H2,1-2H3,(H,28,31). The highest BCUT2D eigenvalue weighted by Gasteiger charge is 2.16. The number of nitrogens with one attached hydrogen (secondary N) is 1. The molecule has 32 heavy (non-hydrogen) atoms. The molecule has 3 aromatic rings. The van der Waals surface area contributed by atoms with Crippen LogP contribution in [0.3, 0.4) is 0 Å². The number of carbonyl (C=O) groups is 1. The van der Waals surface area contributed by atoms with E-state index in [1.54, 1.807) is 0 Å². The van der Waals surface area contributed by atoms with Crippen molar-refractivity contribution in [2.45, 2.75) is 65.3 Å². The van der Waals surface area contributed by atoms with Gasteiger partial charge in [0.2, 0.25) is 0 Å². The molecule has 1 saturated carbocycles. The summed E-state index contributed by atoms with van der Waals surface area (Å²) in [6.07, 6.45) is 8.79. The van der Waals surface area contributed by atoms with Gasteiger partial charge in [-0.05, 0) is 55.5 Å². The maximum Gasteiger partial charge on any atom is 0.257 e. The highest BCUT2D eigenvalue weighted by molar-refractivity contribution is 5.78. The summed E-state index contributed by atoms with van der Waals surface area (Å²) in [7, 11) is 0. The highest BCUT2D eigenvalue weighted by Crippen LogP contribution is 2.28. The number of rotatable bonds is 9. The second-order valence-electron chi connectivity index (χ2n) is 9.12. The number of fused-ring (bicyclic) bond motifs is 1. The van der Waals surface area contributed by atoms with Crippen LogP contribution >= 0.6 is 0 Å². The summed E-state index contributed by atoms with van der Waals surface area (Å²) in [4.78, 5) is 17.2. The van der Waals surface area contributed by atoms with E-state index in [-0.39, 0.29) is 12.5 Å². The first-order valence-corrected chi connectivity index (χ1v) is 12.0. The minimum Gasteiger partial charge on any atom is -0.483 e. The van der Waals surface area contributed by atoms with Gasteiger partial charge >= 0.3 is 0 Å². The Labute approximate surface area is 191 Å². The molecule has 1 N–H and O–H groups in total. The molecule has 0 saturated heterocycles. The summed E-state index contributed by atoms with van der Waals surface area (Å²) in [5.74, 6) is 2.55. The molecule has 1 amide bonds. The number of aromatic nitrogens is 2. The average Bonchev–Trinajstić information content (AvgIpc) is 3.16. The van der Waals surface area contributed by atoms with Gasteiger partial charge in [-0.3, -0.25) is 4.79 Å². The summed E-state index contributed by atoms with van der Waals surface area (Å²) < 4.78 is 8.09. The molecule has 4 rings (SSSR count). The van der Waals surface area contributed by atoms with Gasteiger partial charge in [-0.15, -0.1) is 0 Å². The summed E-state index contributed by atoms with van der Waals surface area (Å²) in [5, 5.41) is 3.00. The zero-order chi connectivity index (χ0) is 22.3. The molecule has 1 heterocycles. The van der Waals surface area contributed by atoms with Gasteiger partial charge in [0, 0.05) is 19.5 Å². The molecule has 2 aromatic carbocycles. The van der Waals surface area contributed by atoms with Crippen molar-refractivity contribution in [2.24, 2.45) is 5.92 Å². The summed E-state index contributed by atoms with van der Waals surface area (Å²) in [6.45, 7) is 5.60. The lowest BCUT2D eigenvalue weighted by molar-refractivity contribution is -0.123. The Bertz CT molecular complexity index is 1050. The third kappa shape index (κ3) is 5.70. The minimum atomic E-state index is -0.101. The molecule has 0 atom stereocenters. The van der Waals surface area contributed by atoms with Crippen LogP contribution in [-0.2, 0) is 17.8 Å². The number of hydrogen-bond acceptors (Lipinski definition) is 3. The Morgan fingerprint density at radius 3 is 2.78 bits per heavy atom. The number of para-hydroxylation sites is 2. The molecule has 0 spiro atoms. The molecule has 170 valence electrons. The minimum absolute atomic E-state index is 0.0301. The van der Waals surface area contributed by atoms with Crippen LogP contribution in [0.25, 0.3) is 11.0 Å². The largest absolute Gasteiger partial charge is 0.483 e. The van der Waals surface area contributed by atoms with Crippen LogP contribution in [0.5, 0.6) is 5.75 Å². The molecule has 0 aliphatic heterocycles. The SMILES string of the molecule is Cc1ccc(C)c(OCC(=O)NCCc2nc3ccccc3n2CCC2CCCCC2)c1. The summed E-state index contributed by atoms with van der Waals surface area (Å²) in [5.41, 5.74) is 4.40. The number of amides is 1. The van der Waals surface area contributed by atoms with Crippen molar-refractivity contribution in [3.8, 4) is 5.75 Å². The monoisotopic (exact) mass is 433 g/mol. The van der Waals surface area contributed by atoms with Crippen LogP contribution in [0, 0.1) is 19.8 Å². The Morgan fingerprint density at radius 2 is 1.94 bits per heavy atom. The smallest absolute Gasteiger partial charge is 0.257 e. The predicted molar refractivity (Wildman–Crippen MR) is 129 cm³/mol. The van der Waals surface area contributed by atoms with Gasteiger partial charge in [-0.25, -0.2) is 4.98 Å². The number of ether oxygens (including phenoxy) is 1. The van der Waals surface area contributed by atoms with Crippen LogP contribution in [-0.4, -0.2) is 28.6 Å². The van der Waals surface area contributed by atoms with Crippen molar-refractivity contribution in [2.75, 3.05) is 13.2 Å². The molecule has 5 nitrogen and oxygen atoms in total. The lowest BCUT2D eigenvalue weighted by Gasteiger charge is -2.22. The van der Waals surface area contributed by atoms with Crippen molar-refractivity contribution < 1.29 is 9.53 Å². The molecular weight excluding hydrogens is 398 g/mol. The first-order valence-electron chi connectivity index (χ1n) is 12.0. The van der Waals surface area contributed by atoms with Gasteiger partial charge in [0.25, 0.3) is 5.91 Å². The van der Waals surface area contributed by atoms with Gasteiger partial charge in [0.15, 0.2) is 6.61 Å². The normalized spacial score (nSPS) is 14.6. The van der Waals surface area contributed by atoms with Gasteiger partial charge < -0.3 is 14.6 Å². The molecule has 1 aliphatic carbocycles. The van der Waals surface area contributed by atoms with Crippen molar-refractivity contribution in [3.05, 3.63) is 59.4 Å². The van der Waals surface area contributed by atoms with Gasteiger partial charge in [-0.2, -0.15) is 0 Å². The Kier molecular flexibility index (Phi) is 7.46. The Hall–Kier alpha value is -2.82. The van der Waals surface area contributed by atoms with Crippen LogP contribution in [0.4, 0.5) is 0 Å². The fourth-order valence-electron chi connectivity index (χ4n) is 4.72. The van der Waals surface area contributed by atoms with E-state index in [0.29, 0.717) is 13.0 Å². The van der Waals surface area contributed by atoms with E-state index in [4.69, 9.17) is 9.72 Å². The number of imidazole rings is 1. The molecule has 1 fully saturated rings. The zero-order valence-corrected chi connectivity index (χ0v) is 19.4. The van der Waals surface area contributed by atoms with Crippen LogP contribution < -0.4 is 10.1 Å². The fourth-order valence-corrected chi connectivity index (χ4v) is 4.72. The van der Waals surface area contributed by atoms with Crippen LogP contribution in [0.1, 0.15) is 55.5 Å². The van der Waals surface area contributed by atoms with Crippen molar-refractivity contribution >= 4 is 16.9 Å². The average molecular weight is 434 g/mol. The molecule has 5 heteroatoms. The Morgan fingerprint density at radius 1 is 1.12 bits per heavy atom. The van der Waals surface area contributed by atoms with Gasteiger partial charge in [0.1, 0.15) is 11.6 Å². The zero-order valence-electron chi connectivity index (χ0n) is 19.4. The quantitative estimate of drug-likeness (QED) is 0.494. The first kappa shape index (κ1) is 22.4. The molecule has 0 bridgehead atoms. The van der Waals surface area contributed by atoms with E-state index in [0.717, 1.165) is 40.7 Å². The van der Waals surface area contributed by atoms with Gasteiger partial charge in [-0.1, -0.05) is 56.4 Å². The van der Waals surface area contributed by atoms with Crippen molar-refractivity contribution in [3.63, 3.8) is 0 Å². The molecule has 1 aromatic heterocycles. The number of carbonyl (C=O) groups excluding carboxylic acids is 1. The molecule has 0 unspecified atom stereocenters. The fraction of sp³-hybridized carbons (Fsp3) is 0.481. The highest BCUT2D eigenvalue weighted by atomic mass is 16.5. The third-order valence-corrected chi connectivity index (χ3v) is 6.59. The first-order chi connectivity index (χ1) is 15.6. The second-order valence-corrected chi connectivity index (χ2v) is 9.12. The predicted octanol–water partition coefficient (Wildman–Crippen LogP) is 5.36. The lowest BCUT2D eigenvalue weighted by atomic mass is 9.87. The maximum atomic E-state index is 12.3.